The maximum Gasteiger partial charge on any atom is 0.254 e. The lowest BCUT2D eigenvalue weighted by Gasteiger charge is -2.22. The van der Waals surface area contributed by atoms with Gasteiger partial charge >= 0.3 is 0 Å². The van der Waals surface area contributed by atoms with Crippen molar-refractivity contribution in [2.75, 3.05) is 6.61 Å². The van der Waals surface area contributed by atoms with Crippen molar-refractivity contribution in [3.05, 3.63) is 35.4 Å². The fourth-order valence-electron chi connectivity index (χ4n) is 3.14. The number of nitrogens with two attached hydrogens (primary N) is 1. The number of ether oxygens (including phenoxy) is 1. The predicted molar refractivity (Wildman–Crippen MR) is 90.4 cm³/mol. The number of Topliss-reactive ketones (excluding diaryl/α,β-unsaturated/α-hetero) is 1. The van der Waals surface area contributed by atoms with Gasteiger partial charge in [0, 0.05) is 12.2 Å². The molecule has 23 heavy (non-hydrogen) atoms. The van der Waals surface area contributed by atoms with E-state index in [0.29, 0.717) is 18.1 Å². The highest BCUT2D eigenvalue weighted by atomic mass is 16.5. The lowest BCUT2D eigenvalue weighted by Crippen LogP contribution is -2.38. The topological polar surface area (TPSA) is 69.4 Å². The highest BCUT2D eigenvalue weighted by Crippen LogP contribution is 2.32. The number of hydrogen-bond donors (Lipinski definition) is 1. The summed E-state index contributed by atoms with van der Waals surface area (Å²) in [6.45, 7) is 2.39. The van der Waals surface area contributed by atoms with Crippen molar-refractivity contribution >= 4 is 11.7 Å². The summed E-state index contributed by atoms with van der Waals surface area (Å²) in [5, 5.41) is 0. The lowest BCUT2D eigenvalue weighted by molar-refractivity contribution is -0.126. The van der Waals surface area contributed by atoms with Crippen molar-refractivity contribution in [1.82, 2.24) is 0 Å². The number of unbranched alkanes of at least 4 members (excludes halogenated alkanes) is 1. The molecule has 2 N–H and O–H groups in total. The predicted octanol–water partition coefficient (Wildman–Crippen LogP) is 3.59. The molecule has 1 saturated carbocycles. The molecule has 0 aliphatic heterocycles. The van der Waals surface area contributed by atoms with E-state index >= 15 is 0 Å². The third-order valence-corrected chi connectivity index (χ3v) is 4.55. The average Bonchev–Trinajstić information content (AvgIpc) is 2.59. The van der Waals surface area contributed by atoms with Gasteiger partial charge < -0.3 is 10.5 Å². The van der Waals surface area contributed by atoms with Crippen LogP contribution in [0.2, 0.25) is 0 Å². The van der Waals surface area contributed by atoms with Gasteiger partial charge in [-0.15, -0.1) is 0 Å². The fraction of sp³-hybridized carbons (Fsp3) is 0.579. The molecule has 1 unspecified atom stereocenters. The number of carbonyl (C=O) groups excluding carboxylic acids is 2. The van der Waals surface area contributed by atoms with Crippen LogP contribution >= 0.6 is 0 Å². The Morgan fingerprint density at radius 1 is 1.17 bits per heavy atom. The van der Waals surface area contributed by atoms with E-state index in [9.17, 15) is 9.59 Å². The molecule has 1 atom stereocenters. The van der Waals surface area contributed by atoms with E-state index in [2.05, 4.69) is 0 Å². The molecule has 2 rings (SSSR count). The molecule has 1 aromatic carbocycles. The first kappa shape index (κ1) is 17.7. The molecule has 0 saturated heterocycles. The summed E-state index contributed by atoms with van der Waals surface area (Å²) in [4.78, 5) is 23.9. The molecule has 0 bridgehead atoms. The maximum atomic E-state index is 12.4. The molecule has 0 aromatic heterocycles. The Kier molecular flexibility index (Phi) is 6.78. The zero-order chi connectivity index (χ0) is 16.7. The van der Waals surface area contributed by atoms with Crippen molar-refractivity contribution < 1.29 is 14.3 Å². The monoisotopic (exact) mass is 317 g/mol. The number of ketones is 1. The minimum atomic E-state index is -1.18. The maximum absolute atomic E-state index is 12.4. The van der Waals surface area contributed by atoms with Crippen LogP contribution in [0.1, 0.15) is 73.7 Å². The Morgan fingerprint density at radius 2 is 1.83 bits per heavy atom. The molecule has 0 heterocycles. The molecular weight excluding hydrogens is 290 g/mol. The third-order valence-electron chi connectivity index (χ3n) is 4.55. The van der Waals surface area contributed by atoms with Gasteiger partial charge in [0.05, 0.1) is 0 Å². The minimum Gasteiger partial charge on any atom is -0.367 e. The van der Waals surface area contributed by atoms with Crippen molar-refractivity contribution in [2.24, 2.45) is 5.73 Å². The quantitative estimate of drug-likeness (QED) is 0.452. The summed E-state index contributed by atoms with van der Waals surface area (Å²) in [5.41, 5.74) is 7.09. The zero-order valence-electron chi connectivity index (χ0n) is 13.9. The molecule has 1 aliphatic carbocycles. The van der Waals surface area contributed by atoms with Crippen molar-refractivity contribution in [2.45, 2.75) is 63.9 Å². The standard InChI is InChI=1S/C19H27NO3/c1-2-3-13-23-18(19(20)22)17(21)16-11-9-15(10-12-16)14-7-5-4-6-8-14/h9-12,14,18H,2-8,13H2,1H3,(H2,20,22). The number of benzene rings is 1. The number of carbonyl (C=O) groups is 2. The average molecular weight is 317 g/mol. The number of primary amides is 1. The fourth-order valence-corrected chi connectivity index (χ4v) is 3.14. The normalized spacial score (nSPS) is 16.9. The SMILES string of the molecule is CCCCOC(C(N)=O)C(=O)c1ccc(C2CCCCC2)cc1. The Hall–Kier alpha value is -1.68. The molecule has 126 valence electrons. The molecule has 4 heteroatoms. The van der Waals surface area contributed by atoms with Crippen LogP contribution in [0.3, 0.4) is 0 Å². The second kappa shape index (κ2) is 8.82. The van der Waals surface area contributed by atoms with E-state index in [1.165, 1.54) is 37.7 Å². The lowest BCUT2D eigenvalue weighted by atomic mass is 9.84. The van der Waals surface area contributed by atoms with E-state index in [0.717, 1.165) is 12.8 Å². The molecule has 1 aliphatic rings. The van der Waals surface area contributed by atoms with Gasteiger partial charge in [0.2, 0.25) is 5.78 Å². The minimum absolute atomic E-state index is 0.344. The third kappa shape index (κ3) is 4.90. The first-order valence-corrected chi connectivity index (χ1v) is 8.68. The van der Waals surface area contributed by atoms with Gasteiger partial charge in [0.15, 0.2) is 6.10 Å². The largest absolute Gasteiger partial charge is 0.367 e. The van der Waals surface area contributed by atoms with Gasteiger partial charge in [-0.05, 0) is 30.7 Å². The van der Waals surface area contributed by atoms with Crippen LogP contribution < -0.4 is 5.73 Å². The van der Waals surface area contributed by atoms with Crippen LogP contribution in [0.4, 0.5) is 0 Å². The molecule has 1 amide bonds. The van der Waals surface area contributed by atoms with Crippen LogP contribution in [-0.2, 0) is 9.53 Å². The highest BCUT2D eigenvalue weighted by Gasteiger charge is 2.26. The van der Waals surface area contributed by atoms with Crippen LogP contribution in [0.15, 0.2) is 24.3 Å². The second-order valence-electron chi connectivity index (χ2n) is 6.33. The molecule has 1 fully saturated rings. The van der Waals surface area contributed by atoms with Gasteiger partial charge in [0.1, 0.15) is 0 Å². The van der Waals surface area contributed by atoms with Gasteiger partial charge in [-0.1, -0.05) is 56.9 Å². The van der Waals surface area contributed by atoms with Gasteiger partial charge in [0.25, 0.3) is 5.91 Å². The van der Waals surface area contributed by atoms with Crippen LogP contribution in [0, 0.1) is 0 Å². The Morgan fingerprint density at radius 3 is 2.39 bits per heavy atom. The molecule has 1 aromatic rings. The van der Waals surface area contributed by atoms with E-state index in [1.807, 2.05) is 19.1 Å². The van der Waals surface area contributed by atoms with Crippen LogP contribution in [0.25, 0.3) is 0 Å². The summed E-state index contributed by atoms with van der Waals surface area (Å²) in [6.07, 6.45) is 6.88. The summed E-state index contributed by atoms with van der Waals surface area (Å²) in [7, 11) is 0. The number of hydrogen-bond acceptors (Lipinski definition) is 3. The van der Waals surface area contributed by atoms with Crippen LogP contribution in [0.5, 0.6) is 0 Å². The number of amides is 1. The van der Waals surface area contributed by atoms with E-state index in [-0.39, 0.29) is 5.78 Å². The smallest absolute Gasteiger partial charge is 0.254 e. The number of rotatable bonds is 8. The molecular formula is C19H27NO3. The summed E-state index contributed by atoms with van der Waals surface area (Å²) in [6, 6.07) is 7.61. The Bertz CT molecular complexity index is 518. The van der Waals surface area contributed by atoms with Crippen LogP contribution in [-0.4, -0.2) is 24.4 Å². The summed E-state index contributed by atoms with van der Waals surface area (Å²) in [5.74, 6) is -0.466. The molecule has 4 nitrogen and oxygen atoms in total. The summed E-state index contributed by atoms with van der Waals surface area (Å²) >= 11 is 0. The van der Waals surface area contributed by atoms with Crippen molar-refractivity contribution in [1.29, 1.82) is 0 Å². The molecule has 0 radical (unpaired) electrons. The van der Waals surface area contributed by atoms with E-state index < -0.39 is 12.0 Å². The van der Waals surface area contributed by atoms with Crippen molar-refractivity contribution in [3.8, 4) is 0 Å². The van der Waals surface area contributed by atoms with Gasteiger partial charge in [-0.25, -0.2) is 0 Å². The highest BCUT2D eigenvalue weighted by molar-refractivity contribution is 6.12. The van der Waals surface area contributed by atoms with Crippen molar-refractivity contribution in [3.63, 3.8) is 0 Å². The zero-order valence-corrected chi connectivity index (χ0v) is 13.9. The first-order valence-electron chi connectivity index (χ1n) is 8.68. The molecule has 0 spiro atoms. The summed E-state index contributed by atoms with van der Waals surface area (Å²) < 4.78 is 5.38. The first-order chi connectivity index (χ1) is 11.1. The van der Waals surface area contributed by atoms with Gasteiger partial charge in [-0.2, -0.15) is 0 Å². The van der Waals surface area contributed by atoms with E-state index in [1.54, 1.807) is 12.1 Å². The Labute approximate surface area is 138 Å². The Balaban J connectivity index is 2.03. The van der Waals surface area contributed by atoms with E-state index in [4.69, 9.17) is 10.5 Å². The second-order valence-corrected chi connectivity index (χ2v) is 6.33. The van der Waals surface area contributed by atoms with Gasteiger partial charge in [-0.3, -0.25) is 9.59 Å².